The molecule has 0 aromatic heterocycles. The Morgan fingerprint density at radius 1 is 0.963 bits per heavy atom. The molecule has 0 saturated heterocycles. The lowest BCUT2D eigenvalue weighted by Crippen LogP contribution is -2.27. The molecule has 144 valence electrons. The van der Waals surface area contributed by atoms with Gasteiger partial charge in [-0.1, -0.05) is 62.4 Å². The van der Waals surface area contributed by atoms with Gasteiger partial charge in [-0.3, -0.25) is 9.59 Å². The SMILES string of the molecule is CCc1ccc(CCNC(=O)Cc2cccc(C(C)CNC(C)=O)c2)cc1. The fourth-order valence-electron chi connectivity index (χ4n) is 2.96. The van der Waals surface area contributed by atoms with Crippen LogP contribution in [0.4, 0.5) is 0 Å². The molecule has 2 rings (SSSR count). The van der Waals surface area contributed by atoms with Gasteiger partial charge in [0.1, 0.15) is 0 Å². The maximum atomic E-state index is 12.2. The summed E-state index contributed by atoms with van der Waals surface area (Å²) in [5, 5.41) is 5.84. The van der Waals surface area contributed by atoms with Gasteiger partial charge in [-0.05, 0) is 41.0 Å². The van der Waals surface area contributed by atoms with Crippen molar-refractivity contribution in [2.75, 3.05) is 13.1 Å². The lowest BCUT2D eigenvalue weighted by Gasteiger charge is -2.13. The fourth-order valence-corrected chi connectivity index (χ4v) is 2.96. The van der Waals surface area contributed by atoms with Gasteiger partial charge in [0.25, 0.3) is 0 Å². The smallest absolute Gasteiger partial charge is 0.224 e. The third kappa shape index (κ3) is 7.26. The quantitative estimate of drug-likeness (QED) is 0.715. The van der Waals surface area contributed by atoms with Crippen molar-refractivity contribution in [3.05, 3.63) is 70.8 Å². The second-order valence-electron chi connectivity index (χ2n) is 7.03. The summed E-state index contributed by atoms with van der Waals surface area (Å²) < 4.78 is 0. The summed E-state index contributed by atoms with van der Waals surface area (Å²) in [6.45, 7) is 6.97. The normalized spacial score (nSPS) is 11.7. The lowest BCUT2D eigenvalue weighted by molar-refractivity contribution is -0.120. The van der Waals surface area contributed by atoms with Crippen molar-refractivity contribution >= 4 is 11.8 Å². The average Bonchev–Trinajstić information content (AvgIpc) is 2.66. The van der Waals surface area contributed by atoms with Gasteiger partial charge < -0.3 is 10.6 Å². The molecule has 0 aliphatic carbocycles. The van der Waals surface area contributed by atoms with E-state index in [0.717, 1.165) is 24.0 Å². The number of nitrogens with one attached hydrogen (secondary N) is 2. The van der Waals surface area contributed by atoms with Crippen LogP contribution >= 0.6 is 0 Å². The van der Waals surface area contributed by atoms with E-state index in [9.17, 15) is 9.59 Å². The molecule has 0 bridgehead atoms. The van der Waals surface area contributed by atoms with Crippen LogP contribution in [0.15, 0.2) is 48.5 Å². The van der Waals surface area contributed by atoms with Gasteiger partial charge >= 0.3 is 0 Å². The molecule has 2 aromatic carbocycles. The Kier molecular flexibility index (Phi) is 8.05. The zero-order valence-corrected chi connectivity index (χ0v) is 16.5. The summed E-state index contributed by atoms with van der Waals surface area (Å²) in [7, 11) is 0. The monoisotopic (exact) mass is 366 g/mol. The van der Waals surface area contributed by atoms with Gasteiger partial charge in [-0.15, -0.1) is 0 Å². The van der Waals surface area contributed by atoms with Gasteiger partial charge in [0, 0.05) is 20.0 Å². The first-order valence-electron chi connectivity index (χ1n) is 9.65. The van der Waals surface area contributed by atoms with E-state index in [1.54, 1.807) is 0 Å². The van der Waals surface area contributed by atoms with Crippen LogP contribution in [-0.4, -0.2) is 24.9 Å². The van der Waals surface area contributed by atoms with Crippen LogP contribution in [0.2, 0.25) is 0 Å². The highest BCUT2D eigenvalue weighted by molar-refractivity contribution is 5.78. The highest BCUT2D eigenvalue weighted by atomic mass is 16.2. The first-order chi connectivity index (χ1) is 13.0. The van der Waals surface area contributed by atoms with E-state index in [-0.39, 0.29) is 17.7 Å². The van der Waals surface area contributed by atoms with Gasteiger partial charge in [0.05, 0.1) is 6.42 Å². The topological polar surface area (TPSA) is 58.2 Å². The Balaban J connectivity index is 1.80. The van der Waals surface area contributed by atoms with E-state index in [2.05, 4.69) is 54.8 Å². The average molecular weight is 367 g/mol. The Hall–Kier alpha value is -2.62. The fraction of sp³-hybridized carbons (Fsp3) is 0.391. The summed E-state index contributed by atoms with van der Waals surface area (Å²) in [6, 6.07) is 16.6. The summed E-state index contributed by atoms with van der Waals surface area (Å²) >= 11 is 0. The summed E-state index contributed by atoms with van der Waals surface area (Å²) in [5.41, 5.74) is 4.69. The summed E-state index contributed by atoms with van der Waals surface area (Å²) in [5.74, 6) is 0.219. The van der Waals surface area contributed by atoms with E-state index < -0.39 is 0 Å². The van der Waals surface area contributed by atoms with Crippen molar-refractivity contribution in [1.82, 2.24) is 10.6 Å². The molecule has 2 N–H and O–H groups in total. The molecule has 27 heavy (non-hydrogen) atoms. The molecule has 4 nitrogen and oxygen atoms in total. The highest BCUT2D eigenvalue weighted by Crippen LogP contribution is 2.16. The highest BCUT2D eigenvalue weighted by Gasteiger charge is 2.09. The molecule has 0 heterocycles. The molecule has 0 fully saturated rings. The van der Waals surface area contributed by atoms with Crippen LogP contribution in [0.3, 0.4) is 0 Å². The predicted octanol–water partition coefficient (Wildman–Crippen LogP) is 3.39. The third-order valence-corrected chi connectivity index (χ3v) is 4.71. The van der Waals surface area contributed by atoms with Gasteiger partial charge in [0.15, 0.2) is 0 Å². The third-order valence-electron chi connectivity index (χ3n) is 4.71. The number of carbonyl (C=O) groups excluding carboxylic acids is 2. The largest absolute Gasteiger partial charge is 0.356 e. The molecule has 2 aromatic rings. The standard InChI is InChI=1S/C23H30N2O2/c1-4-19-8-10-20(11-9-19)12-13-24-23(27)15-21-6-5-7-22(14-21)17(2)16-25-18(3)26/h5-11,14,17H,4,12-13,15-16H2,1-3H3,(H,24,27)(H,25,26). The van der Waals surface area contributed by atoms with E-state index in [1.165, 1.54) is 18.1 Å². The van der Waals surface area contributed by atoms with E-state index in [1.807, 2.05) is 18.2 Å². The van der Waals surface area contributed by atoms with Gasteiger partial charge in [-0.25, -0.2) is 0 Å². The predicted molar refractivity (Wildman–Crippen MR) is 110 cm³/mol. The minimum atomic E-state index is -0.0262. The van der Waals surface area contributed by atoms with E-state index >= 15 is 0 Å². The molecule has 0 saturated carbocycles. The molecule has 0 radical (unpaired) electrons. The number of aryl methyl sites for hydroxylation is 1. The molecular weight excluding hydrogens is 336 g/mol. The van der Waals surface area contributed by atoms with Crippen molar-refractivity contribution < 1.29 is 9.59 Å². The maximum Gasteiger partial charge on any atom is 0.224 e. The van der Waals surface area contributed by atoms with E-state index in [4.69, 9.17) is 0 Å². The zero-order chi connectivity index (χ0) is 19.6. The van der Waals surface area contributed by atoms with Crippen LogP contribution in [0.5, 0.6) is 0 Å². The van der Waals surface area contributed by atoms with Crippen LogP contribution < -0.4 is 10.6 Å². The second-order valence-corrected chi connectivity index (χ2v) is 7.03. The molecule has 1 unspecified atom stereocenters. The Bertz CT molecular complexity index is 753. The minimum absolute atomic E-state index is 0.0262. The molecule has 0 aliphatic rings. The summed E-state index contributed by atoms with van der Waals surface area (Å²) in [6.07, 6.45) is 2.25. The van der Waals surface area contributed by atoms with Gasteiger partial charge in [-0.2, -0.15) is 0 Å². The Morgan fingerprint density at radius 3 is 2.33 bits per heavy atom. The molecule has 4 heteroatoms. The lowest BCUT2D eigenvalue weighted by atomic mass is 9.98. The molecule has 1 atom stereocenters. The molecular formula is C23H30N2O2. The minimum Gasteiger partial charge on any atom is -0.356 e. The first-order valence-corrected chi connectivity index (χ1v) is 9.65. The zero-order valence-electron chi connectivity index (χ0n) is 16.5. The number of amides is 2. The number of carbonyl (C=O) groups is 2. The maximum absolute atomic E-state index is 12.2. The Labute approximate surface area is 162 Å². The first kappa shape index (κ1) is 20.7. The van der Waals surface area contributed by atoms with Crippen LogP contribution in [0.25, 0.3) is 0 Å². The Morgan fingerprint density at radius 2 is 1.67 bits per heavy atom. The number of benzene rings is 2. The van der Waals surface area contributed by atoms with Crippen molar-refractivity contribution in [3.8, 4) is 0 Å². The van der Waals surface area contributed by atoms with Crippen molar-refractivity contribution in [2.24, 2.45) is 0 Å². The second kappa shape index (κ2) is 10.5. The number of hydrogen-bond acceptors (Lipinski definition) is 2. The van der Waals surface area contributed by atoms with Crippen molar-refractivity contribution in [3.63, 3.8) is 0 Å². The van der Waals surface area contributed by atoms with Crippen LogP contribution in [0.1, 0.15) is 48.9 Å². The van der Waals surface area contributed by atoms with E-state index in [0.29, 0.717) is 19.5 Å². The van der Waals surface area contributed by atoms with Gasteiger partial charge in [0.2, 0.25) is 11.8 Å². The number of rotatable bonds is 9. The molecule has 0 spiro atoms. The van der Waals surface area contributed by atoms with Crippen molar-refractivity contribution in [1.29, 1.82) is 0 Å². The number of hydrogen-bond donors (Lipinski definition) is 2. The summed E-state index contributed by atoms with van der Waals surface area (Å²) in [4.78, 5) is 23.3. The van der Waals surface area contributed by atoms with Crippen LogP contribution in [0, 0.1) is 0 Å². The van der Waals surface area contributed by atoms with Crippen LogP contribution in [-0.2, 0) is 28.9 Å². The van der Waals surface area contributed by atoms with Crippen molar-refractivity contribution in [2.45, 2.75) is 46.0 Å². The molecule has 2 amide bonds. The molecule has 0 aliphatic heterocycles.